The van der Waals surface area contributed by atoms with Crippen molar-refractivity contribution >= 4 is 21.8 Å². The van der Waals surface area contributed by atoms with Gasteiger partial charge in [-0.05, 0) is 61.7 Å². The van der Waals surface area contributed by atoms with Crippen LogP contribution in [0.2, 0.25) is 0 Å². The molecule has 2 aromatic carbocycles. The number of hydrogen-bond acceptors (Lipinski definition) is 2. The molecule has 0 radical (unpaired) electrons. The number of pyridine rings is 1. The summed E-state index contributed by atoms with van der Waals surface area (Å²) in [5.74, 6) is 0. The third kappa shape index (κ3) is 3.36. The molecule has 4 aromatic rings. The highest BCUT2D eigenvalue weighted by atomic mass is 19.4. The highest BCUT2D eigenvalue weighted by Crippen LogP contribution is 2.38. The molecule has 0 spiro atoms. The summed E-state index contributed by atoms with van der Waals surface area (Å²) in [5.41, 5.74) is 9.23. The van der Waals surface area contributed by atoms with Crippen molar-refractivity contribution in [3.8, 4) is 11.3 Å². The molecule has 4 rings (SSSR count). The number of benzene rings is 2. The van der Waals surface area contributed by atoms with Crippen LogP contribution in [0, 0.1) is 0 Å². The van der Waals surface area contributed by atoms with E-state index in [1.807, 2.05) is 30.3 Å². The first kappa shape index (κ1) is 18.5. The maximum Gasteiger partial charge on any atom is 0.416 e. The van der Waals surface area contributed by atoms with E-state index in [0.29, 0.717) is 23.9 Å². The molecule has 28 heavy (non-hydrogen) atoms. The minimum Gasteiger partial charge on any atom is -0.354 e. The first-order valence-electron chi connectivity index (χ1n) is 9.25. The zero-order valence-electron chi connectivity index (χ0n) is 15.2. The third-order valence-electron chi connectivity index (χ3n) is 5.03. The molecule has 3 nitrogen and oxygen atoms in total. The van der Waals surface area contributed by atoms with E-state index in [1.165, 1.54) is 12.1 Å². The Balaban J connectivity index is 1.95. The smallest absolute Gasteiger partial charge is 0.354 e. The molecule has 0 aliphatic carbocycles. The van der Waals surface area contributed by atoms with E-state index in [-0.39, 0.29) is 0 Å². The van der Waals surface area contributed by atoms with E-state index in [9.17, 15) is 13.2 Å². The van der Waals surface area contributed by atoms with Crippen LogP contribution in [0.15, 0.2) is 54.7 Å². The van der Waals surface area contributed by atoms with Crippen molar-refractivity contribution in [3.63, 3.8) is 0 Å². The van der Waals surface area contributed by atoms with Crippen LogP contribution < -0.4 is 5.73 Å². The van der Waals surface area contributed by atoms with Crippen LogP contribution in [0.5, 0.6) is 0 Å². The zero-order valence-corrected chi connectivity index (χ0v) is 15.2. The number of hydrogen-bond donors (Lipinski definition) is 2. The van der Waals surface area contributed by atoms with Gasteiger partial charge in [0.2, 0.25) is 0 Å². The lowest BCUT2D eigenvalue weighted by Crippen LogP contribution is -2.04. The van der Waals surface area contributed by atoms with E-state index < -0.39 is 11.7 Å². The van der Waals surface area contributed by atoms with Gasteiger partial charge in [0, 0.05) is 28.0 Å². The van der Waals surface area contributed by atoms with Crippen LogP contribution in [0.25, 0.3) is 33.1 Å². The number of alkyl halides is 3. The molecule has 0 atom stereocenters. The van der Waals surface area contributed by atoms with E-state index >= 15 is 0 Å². The molecule has 0 fully saturated rings. The molecule has 144 valence electrons. The van der Waals surface area contributed by atoms with Gasteiger partial charge in [-0.3, -0.25) is 4.98 Å². The monoisotopic (exact) mass is 383 g/mol. The molecular formula is C22H20F3N3. The molecule has 0 bridgehead atoms. The van der Waals surface area contributed by atoms with Gasteiger partial charge < -0.3 is 10.7 Å². The number of nitrogens with one attached hydrogen (secondary N) is 1. The summed E-state index contributed by atoms with van der Waals surface area (Å²) in [7, 11) is 0. The van der Waals surface area contributed by atoms with Gasteiger partial charge in [0.1, 0.15) is 0 Å². The summed E-state index contributed by atoms with van der Waals surface area (Å²) >= 11 is 0. The fourth-order valence-corrected chi connectivity index (χ4v) is 3.68. The largest absolute Gasteiger partial charge is 0.416 e. The number of halogens is 3. The maximum absolute atomic E-state index is 13.3. The summed E-state index contributed by atoms with van der Waals surface area (Å²) < 4.78 is 39.8. The number of aryl methyl sites for hydroxylation is 1. The Labute approximate surface area is 160 Å². The average molecular weight is 383 g/mol. The first-order valence-corrected chi connectivity index (χ1v) is 9.25. The molecule has 0 aliphatic rings. The van der Waals surface area contributed by atoms with Crippen LogP contribution in [-0.4, -0.2) is 16.5 Å². The van der Waals surface area contributed by atoms with Crippen LogP contribution in [-0.2, 0) is 12.6 Å². The molecule has 0 saturated carbocycles. The molecule has 2 aromatic heterocycles. The van der Waals surface area contributed by atoms with Crippen molar-refractivity contribution in [2.45, 2.75) is 25.4 Å². The van der Waals surface area contributed by atoms with E-state index in [4.69, 9.17) is 5.73 Å². The standard InChI is InChI=1S/C22H20F3N3/c23-22(24,25)14-9-10-20-18(13-14)17(5-1-2-11-26)21(28-20)16-6-3-8-19-15(16)7-4-12-27-19/h3-4,6-10,12-13,28H,1-2,5,11,26H2. The summed E-state index contributed by atoms with van der Waals surface area (Å²) in [6.07, 6.45) is -0.346. The Kier molecular flexibility index (Phi) is 4.81. The SMILES string of the molecule is NCCCCc1c(-c2cccc3ncccc23)[nH]c2ccc(C(F)(F)F)cc12. The van der Waals surface area contributed by atoms with Gasteiger partial charge in [0.15, 0.2) is 0 Å². The number of rotatable bonds is 5. The predicted molar refractivity (Wildman–Crippen MR) is 106 cm³/mol. The van der Waals surface area contributed by atoms with Gasteiger partial charge in [-0.1, -0.05) is 18.2 Å². The molecule has 3 N–H and O–H groups in total. The van der Waals surface area contributed by atoms with Crippen molar-refractivity contribution < 1.29 is 13.2 Å². The Morgan fingerprint density at radius 2 is 1.82 bits per heavy atom. The molecular weight excluding hydrogens is 363 g/mol. The second-order valence-corrected chi connectivity index (χ2v) is 6.86. The highest BCUT2D eigenvalue weighted by Gasteiger charge is 2.31. The number of fused-ring (bicyclic) bond motifs is 2. The molecule has 6 heteroatoms. The van der Waals surface area contributed by atoms with Gasteiger partial charge >= 0.3 is 6.18 Å². The third-order valence-corrected chi connectivity index (χ3v) is 5.03. The molecule has 0 aliphatic heterocycles. The van der Waals surface area contributed by atoms with Crippen LogP contribution in [0.3, 0.4) is 0 Å². The summed E-state index contributed by atoms with van der Waals surface area (Å²) in [6.45, 7) is 0.559. The molecule has 0 saturated heterocycles. The van der Waals surface area contributed by atoms with E-state index in [0.717, 1.165) is 46.6 Å². The summed E-state index contributed by atoms with van der Waals surface area (Å²) in [4.78, 5) is 7.75. The lowest BCUT2D eigenvalue weighted by molar-refractivity contribution is -0.137. The van der Waals surface area contributed by atoms with Gasteiger partial charge in [0.25, 0.3) is 0 Å². The number of H-pyrrole nitrogens is 1. The molecule has 0 unspecified atom stereocenters. The van der Waals surface area contributed by atoms with Crippen LogP contribution in [0.4, 0.5) is 13.2 Å². The Morgan fingerprint density at radius 1 is 0.964 bits per heavy atom. The fourth-order valence-electron chi connectivity index (χ4n) is 3.68. The van der Waals surface area contributed by atoms with Crippen molar-refractivity contribution in [2.75, 3.05) is 6.54 Å². The zero-order chi connectivity index (χ0) is 19.7. The lowest BCUT2D eigenvalue weighted by Gasteiger charge is -2.09. The minimum atomic E-state index is -4.37. The van der Waals surface area contributed by atoms with Gasteiger partial charge in [-0.2, -0.15) is 13.2 Å². The highest BCUT2D eigenvalue weighted by molar-refractivity contribution is 5.99. The Hall–Kier alpha value is -2.86. The topological polar surface area (TPSA) is 54.7 Å². The van der Waals surface area contributed by atoms with Crippen molar-refractivity contribution in [3.05, 3.63) is 65.9 Å². The maximum atomic E-state index is 13.3. The second kappa shape index (κ2) is 7.28. The summed E-state index contributed by atoms with van der Waals surface area (Å²) in [6, 6.07) is 13.5. The second-order valence-electron chi connectivity index (χ2n) is 6.86. The summed E-state index contributed by atoms with van der Waals surface area (Å²) in [5, 5.41) is 1.58. The number of unbranched alkanes of at least 4 members (excludes halogenated alkanes) is 1. The van der Waals surface area contributed by atoms with Gasteiger partial charge in [-0.25, -0.2) is 0 Å². The normalized spacial score (nSPS) is 12.1. The van der Waals surface area contributed by atoms with Gasteiger partial charge in [-0.15, -0.1) is 0 Å². The minimum absolute atomic E-state index is 0.559. The van der Waals surface area contributed by atoms with Crippen LogP contribution in [0.1, 0.15) is 24.0 Å². The number of aromatic amines is 1. The van der Waals surface area contributed by atoms with Crippen molar-refractivity contribution in [1.29, 1.82) is 0 Å². The number of nitrogens with zero attached hydrogens (tertiary/aromatic N) is 1. The first-order chi connectivity index (χ1) is 13.5. The van der Waals surface area contributed by atoms with Gasteiger partial charge in [0.05, 0.1) is 16.8 Å². The van der Waals surface area contributed by atoms with E-state index in [1.54, 1.807) is 6.20 Å². The van der Waals surface area contributed by atoms with E-state index in [2.05, 4.69) is 9.97 Å². The van der Waals surface area contributed by atoms with Crippen LogP contribution >= 0.6 is 0 Å². The van der Waals surface area contributed by atoms with Crippen molar-refractivity contribution in [1.82, 2.24) is 9.97 Å². The quantitative estimate of drug-likeness (QED) is 0.436. The number of nitrogens with two attached hydrogens (primary N) is 1. The number of aromatic nitrogens is 2. The van der Waals surface area contributed by atoms with Crippen molar-refractivity contribution in [2.24, 2.45) is 5.73 Å². The average Bonchev–Trinajstić information content (AvgIpc) is 3.05. The molecule has 0 amide bonds. The fraction of sp³-hybridized carbons (Fsp3) is 0.227. The lowest BCUT2D eigenvalue weighted by atomic mass is 9.97. The molecule has 2 heterocycles. The Bertz CT molecular complexity index is 1120. The Morgan fingerprint density at radius 3 is 2.61 bits per heavy atom. The predicted octanol–water partition coefficient (Wildman–Crippen LogP) is 5.68.